The number of nitrogens with one attached hydrogen (secondary N) is 2. The van der Waals surface area contributed by atoms with Crippen LogP contribution in [0.4, 0.5) is 0 Å². The molecule has 0 saturated carbocycles. The van der Waals surface area contributed by atoms with Crippen LogP contribution in [0.2, 0.25) is 0 Å². The predicted molar refractivity (Wildman–Crippen MR) is 58.0 cm³/mol. The average molecular weight is 231 g/mol. The Morgan fingerprint density at radius 1 is 1.53 bits per heavy atom. The first kappa shape index (κ1) is 12.2. The molecule has 0 bridgehead atoms. The molecule has 0 aromatic carbocycles. The van der Waals surface area contributed by atoms with Gasteiger partial charge in [-0.15, -0.1) is 0 Å². The third-order valence-corrected chi connectivity index (χ3v) is 3.24. The summed E-state index contributed by atoms with van der Waals surface area (Å²) in [6.07, 6.45) is 2.04. The average Bonchev–Trinajstić information content (AvgIpc) is 2.63. The van der Waals surface area contributed by atoms with Crippen LogP contribution in [0.3, 0.4) is 0 Å². The van der Waals surface area contributed by atoms with E-state index in [1.807, 2.05) is 20.8 Å². The van der Waals surface area contributed by atoms with Crippen LogP contribution in [0.15, 0.2) is 11.2 Å². The van der Waals surface area contributed by atoms with E-state index in [4.69, 9.17) is 0 Å². The standard InChI is InChI=1S/C9H17N3O2S/c1-4-8-10-6-9(12-8)15(13,14)11-5-7(2)3/h6-7,11H,4-5H2,1-3H3,(H,10,12). The van der Waals surface area contributed by atoms with Crippen LogP contribution >= 0.6 is 0 Å². The third-order valence-electron chi connectivity index (χ3n) is 1.91. The quantitative estimate of drug-likeness (QED) is 0.790. The number of hydrogen-bond donors (Lipinski definition) is 2. The van der Waals surface area contributed by atoms with E-state index in [1.54, 1.807) is 0 Å². The first-order valence-electron chi connectivity index (χ1n) is 4.99. The Morgan fingerprint density at radius 2 is 2.20 bits per heavy atom. The minimum absolute atomic E-state index is 0.139. The summed E-state index contributed by atoms with van der Waals surface area (Å²) in [6, 6.07) is 0. The van der Waals surface area contributed by atoms with Gasteiger partial charge >= 0.3 is 0 Å². The van der Waals surface area contributed by atoms with Crippen LogP contribution in [0.5, 0.6) is 0 Å². The van der Waals surface area contributed by atoms with Gasteiger partial charge in [0.2, 0.25) is 0 Å². The van der Waals surface area contributed by atoms with Crippen LogP contribution in [0.1, 0.15) is 26.6 Å². The summed E-state index contributed by atoms with van der Waals surface area (Å²) in [5.41, 5.74) is 0. The van der Waals surface area contributed by atoms with Crippen molar-refractivity contribution >= 4 is 10.0 Å². The third kappa shape index (κ3) is 3.32. The van der Waals surface area contributed by atoms with Gasteiger partial charge in [-0.2, -0.15) is 0 Å². The van der Waals surface area contributed by atoms with Crippen LogP contribution < -0.4 is 4.72 Å². The minimum atomic E-state index is -3.41. The lowest BCUT2D eigenvalue weighted by Gasteiger charge is -2.06. The lowest BCUT2D eigenvalue weighted by molar-refractivity contribution is 0.557. The molecule has 0 aliphatic heterocycles. The highest BCUT2D eigenvalue weighted by molar-refractivity contribution is 7.89. The van der Waals surface area contributed by atoms with Crippen molar-refractivity contribution in [2.24, 2.45) is 5.92 Å². The zero-order chi connectivity index (χ0) is 11.5. The summed E-state index contributed by atoms with van der Waals surface area (Å²) in [5, 5.41) is 0.139. The first-order chi connectivity index (χ1) is 6.95. The van der Waals surface area contributed by atoms with Crippen molar-refractivity contribution in [1.82, 2.24) is 14.7 Å². The molecule has 5 nitrogen and oxygen atoms in total. The van der Waals surface area contributed by atoms with E-state index >= 15 is 0 Å². The first-order valence-corrected chi connectivity index (χ1v) is 6.47. The summed E-state index contributed by atoms with van der Waals surface area (Å²) in [6.45, 7) is 6.25. The number of nitrogens with zero attached hydrogens (tertiary/aromatic N) is 1. The van der Waals surface area contributed by atoms with Gasteiger partial charge in [-0.1, -0.05) is 20.8 Å². The van der Waals surface area contributed by atoms with E-state index < -0.39 is 10.0 Å². The van der Waals surface area contributed by atoms with Crippen molar-refractivity contribution in [3.05, 3.63) is 12.0 Å². The molecule has 0 radical (unpaired) electrons. The fraction of sp³-hybridized carbons (Fsp3) is 0.667. The van der Waals surface area contributed by atoms with E-state index in [9.17, 15) is 8.42 Å². The Morgan fingerprint density at radius 3 is 2.67 bits per heavy atom. The number of hydrogen-bond acceptors (Lipinski definition) is 3. The maximum Gasteiger partial charge on any atom is 0.257 e. The van der Waals surface area contributed by atoms with Gasteiger partial charge in [0.05, 0.1) is 6.20 Å². The van der Waals surface area contributed by atoms with Crippen molar-refractivity contribution in [2.75, 3.05) is 6.54 Å². The second kappa shape index (κ2) is 4.76. The van der Waals surface area contributed by atoms with Crippen molar-refractivity contribution < 1.29 is 8.42 Å². The SMILES string of the molecule is CCc1ncc(S(=O)(=O)NCC(C)C)[nH]1. The van der Waals surface area contributed by atoms with E-state index in [0.29, 0.717) is 18.8 Å². The number of H-pyrrole nitrogens is 1. The molecular weight excluding hydrogens is 214 g/mol. The molecule has 0 amide bonds. The number of rotatable bonds is 5. The number of sulfonamides is 1. The molecule has 0 unspecified atom stereocenters. The largest absolute Gasteiger partial charge is 0.332 e. The molecule has 0 atom stereocenters. The zero-order valence-electron chi connectivity index (χ0n) is 9.24. The van der Waals surface area contributed by atoms with Crippen LogP contribution in [-0.2, 0) is 16.4 Å². The molecule has 15 heavy (non-hydrogen) atoms. The molecule has 0 saturated heterocycles. The summed E-state index contributed by atoms with van der Waals surface area (Å²) in [7, 11) is -3.41. The van der Waals surface area contributed by atoms with Gasteiger partial charge in [0.15, 0.2) is 5.03 Å². The van der Waals surface area contributed by atoms with Crippen LogP contribution in [0.25, 0.3) is 0 Å². The summed E-state index contributed by atoms with van der Waals surface area (Å²) < 4.78 is 25.9. The molecule has 0 fully saturated rings. The molecule has 0 spiro atoms. The maximum atomic E-state index is 11.7. The number of imidazole rings is 1. The highest BCUT2D eigenvalue weighted by Gasteiger charge is 2.16. The topological polar surface area (TPSA) is 74.8 Å². The number of aromatic amines is 1. The Bertz CT molecular complexity index is 409. The lowest BCUT2D eigenvalue weighted by Crippen LogP contribution is -2.27. The van der Waals surface area contributed by atoms with Crippen molar-refractivity contribution in [1.29, 1.82) is 0 Å². The Balaban J connectivity index is 2.77. The van der Waals surface area contributed by atoms with E-state index in [-0.39, 0.29) is 10.9 Å². The fourth-order valence-corrected chi connectivity index (χ4v) is 2.17. The molecule has 86 valence electrons. The predicted octanol–water partition coefficient (Wildman–Crippen LogP) is 0.906. The van der Waals surface area contributed by atoms with Gasteiger partial charge < -0.3 is 4.98 Å². The van der Waals surface area contributed by atoms with Gasteiger partial charge in [0.25, 0.3) is 10.0 Å². The van der Waals surface area contributed by atoms with E-state index in [2.05, 4.69) is 14.7 Å². The van der Waals surface area contributed by atoms with Gasteiger partial charge in [0.1, 0.15) is 5.82 Å². The minimum Gasteiger partial charge on any atom is -0.332 e. The second-order valence-electron chi connectivity index (χ2n) is 3.79. The van der Waals surface area contributed by atoms with Crippen molar-refractivity contribution in [2.45, 2.75) is 32.2 Å². The van der Waals surface area contributed by atoms with Crippen molar-refractivity contribution in [3.63, 3.8) is 0 Å². The molecule has 0 aliphatic rings. The molecule has 1 heterocycles. The Hall–Kier alpha value is -0.880. The summed E-state index contributed by atoms with van der Waals surface area (Å²) >= 11 is 0. The smallest absolute Gasteiger partial charge is 0.257 e. The lowest BCUT2D eigenvalue weighted by atomic mass is 10.2. The van der Waals surface area contributed by atoms with Crippen LogP contribution in [-0.4, -0.2) is 24.9 Å². The molecular formula is C9H17N3O2S. The summed E-state index contributed by atoms with van der Waals surface area (Å²) in [4.78, 5) is 6.72. The Labute approximate surface area is 90.4 Å². The van der Waals surface area contributed by atoms with Gasteiger partial charge in [-0.05, 0) is 5.92 Å². The molecule has 0 aliphatic carbocycles. The van der Waals surface area contributed by atoms with E-state index in [0.717, 1.165) is 0 Å². The van der Waals surface area contributed by atoms with Crippen LogP contribution in [0, 0.1) is 5.92 Å². The highest BCUT2D eigenvalue weighted by Crippen LogP contribution is 2.06. The number of aromatic nitrogens is 2. The molecule has 1 aromatic rings. The second-order valence-corrected chi connectivity index (χ2v) is 5.53. The monoisotopic (exact) mass is 231 g/mol. The Kier molecular flexibility index (Phi) is 3.87. The van der Waals surface area contributed by atoms with Crippen molar-refractivity contribution in [3.8, 4) is 0 Å². The fourth-order valence-electron chi connectivity index (χ4n) is 1.01. The van der Waals surface area contributed by atoms with Gasteiger partial charge in [-0.3, -0.25) is 0 Å². The zero-order valence-corrected chi connectivity index (χ0v) is 10.1. The number of aryl methyl sites for hydroxylation is 1. The highest BCUT2D eigenvalue weighted by atomic mass is 32.2. The maximum absolute atomic E-state index is 11.7. The molecule has 1 rings (SSSR count). The molecule has 6 heteroatoms. The molecule has 2 N–H and O–H groups in total. The summed E-state index contributed by atoms with van der Waals surface area (Å²) in [5.74, 6) is 0.966. The normalized spacial score (nSPS) is 12.3. The molecule has 1 aromatic heterocycles. The van der Waals surface area contributed by atoms with Gasteiger partial charge in [-0.25, -0.2) is 18.1 Å². The van der Waals surface area contributed by atoms with Gasteiger partial charge in [0, 0.05) is 13.0 Å². The van der Waals surface area contributed by atoms with E-state index in [1.165, 1.54) is 6.20 Å².